The predicted molar refractivity (Wildman–Crippen MR) is 111 cm³/mol. The third-order valence-corrected chi connectivity index (χ3v) is 6.56. The maximum absolute atomic E-state index is 13.4. The molecule has 0 bridgehead atoms. The summed E-state index contributed by atoms with van der Waals surface area (Å²) in [6.45, 7) is 4.06. The largest absolute Gasteiger partial charge is 0.278 e. The van der Waals surface area contributed by atoms with Crippen molar-refractivity contribution in [2.24, 2.45) is 0 Å². The van der Waals surface area contributed by atoms with Crippen LogP contribution in [0.1, 0.15) is 12.5 Å². The smallest absolute Gasteiger partial charge is 0.244 e. The quantitative estimate of drug-likeness (QED) is 0.499. The van der Waals surface area contributed by atoms with E-state index in [1.54, 1.807) is 23.5 Å². The normalized spacial score (nSPS) is 13.7. The third-order valence-electron chi connectivity index (χ3n) is 4.33. The van der Waals surface area contributed by atoms with Gasteiger partial charge in [-0.1, -0.05) is 53.7 Å². The molecule has 1 aliphatic rings. The number of rotatable bonds is 3. The number of carbonyl (C=O) groups excluding carboxylic acids is 1. The van der Waals surface area contributed by atoms with Gasteiger partial charge in [0.1, 0.15) is 0 Å². The standard InChI is InChI=1S/C22H19NOS2/c1-15-11-13-17(14-12-15)25-16(2)22(24)23-18-7-3-5-9-20(18)26-21-10-6-4-8-19(21)23/h3-14,16H,1-2H3. The van der Waals surface area contributed by atoms with E-state index in [-0.39, 0.29) is 11.2 Å². The Balaban J connectivity index is 1.68. The van der Waals surface area contributed by atoms with Gasteiger partial charge in [-0.15, -0.1) is 11.8 Å². The molecule has 1 amide bonds. The fourth-order valence-corrected chi connectivity index (χ4v) is 4.96. The third kappa shape index (κ3) is 3.27. The van der Waals surface area contributed by atoms with Gasteiger partial charge in [-0.3, -0.25) is 9.69 Å². The first kappa shape index (κ1) is 17.3. The van der Waals surface area contributed by atoms with Gasteiger partial charge >= 0.3 is 0 Å². The van der Waals surface area contributed by atoms with Crippen LogP contribution in [0.5, 0.6) is 0 Å². The van der Waals surface area contributed by atoms with E-state index in [4.69, 9.17) is 0 Å². The van der Waals surface area contributed by atoms with Crippen LogP contribution in [0.15, 0.2) is 87.5 Å². The van der Waals surface area contributed by atoms with Crippen LogP contribution in [-0.4, -0.2) is 11.2 Å². The van der Waals surface area contributed by atoms with Crippen molar-refractivity contribution in [2.75, 3.05) is 4.90 Å². The van der Waals surface area contributed by atoms with Crippen LogP contribution in [0.2, 0.25) is 0 Å². The molecular formula is C22H19NOS2. The summed E-state index contributed by atoms with van der Waals surface area (Å²) in [5.74, 6) is 0.107. The second-order valence-corrected chi connectivity index (χ2v) is 8.78. The average Bonchev–Trinajstić information content (AvgIpc) is 2.67. The molecule has 0 radical (unpaired) electrons. The molecule has 4 rings (SSSR count). The van der Waals surface area contributed by atoms with Crippen molar-refractivity contribution < 1.29 is 4.79 Å². The van der Waals surface area contributed by atoms with E-state index in [1.807, 2.05) is 48.2 Å². The van der Waals surface area contributed by atoms with Crippen molar-refractivity contribution in [1.82, 2.24) is 0 Å². The predicted octanol–water partition coefficient (Wildman–Crippen LogP) is 6.31. The first-order chi connectivity index (χ1) is 12.6. The van der Waals surface area contributed by atoms with Crippen LogP contribution in [-0.2, 0) is 4.79 Å². The number of fused-ring (bicyclic) bond motifs is 2. The van der Waals surface area contributed by atoms with Crippen molar-refractivity contribution in [1.29, 1.82) is 0 Å². The summed E-state index contributed by atoms with van der Waals surface area (Å²) < 4.78 is 0. The summed E-state index contributed by atoms with van der Waals surface area (Å²) in [5, 5.41) is -0.179. The molecule has 0 saturated heterocycles. The van der Waals surface area contributed by atoms with Gasteiger partial charge in [0, 0.05) is 14.7 Å². The molecule has 1 unspecified atom stereocenters. The van der Waals surface area contributed by atoms with E-state index in [9.17, 15) is 4.79 Å². The lowest BCUT2D eigenvalue weighted by Crippen LogP contribution is -2.34. The van der Waals surface area contributed by atoms with Gasteiger partial charge in [0.15, 0.2) is 0 Å². The van der Waals surface area contributed by atoms with Crippen molar-refractivity contribution in [2.45, 2.75) is 33.8 Å². The molecule has 0 N–H and O–H groups in total. The summed E-state index contributed by atoms with van der Waals surface area (Å²) in [6, 6.07) is 24.6. The molecule has 4 heteroatoms. The number of hydrogen-bond acceptors (Lipinski definition) is 3. The SMILES string of the molecule is Cc1ccc(SC(C)C(=O)N2c3ccccc3Sc3ccccc32)cc1. The van der Waals surface area contributed by atoms with E-state index >= 15 is 0 Å². The highest BCUT2D eigenvalue weighted by atomic mass is 32.2. The summed E-state index contributed by atoms with van der Waals surface area (Å²) in [5.41, 5.74) is 3.17. The Kier molecular flexibility index (Phi) is 4.79. The zero-order chi connectivity index (χ0) is 18.1. The minimum absolute atomic E-state index is 0.107. The first-order valence-electron chi connectivity index (χ1n) is 8.57. The van der Waals surface area contributed by atoms with Gasteiger partial charge in [0.05, 0.1) is 16.6 Å². The van der Waals surface area contributed by atoms with Crippen LogP contribution >= 0.6 is 23.5 Å². The Morgan fingerprint density at radius 2 is 1.42 bits per heavy atom. The molecule has 1 heterocycles. The molecular weight excluding hydrogens is 358 g/mol. The molecule has 0 spiro atoms. The van der Waals surface area contributed by atoms with Crippen molar-refractivity contribution in [3.05, 3.63) is 78.4 Å². The monoisotopic (exact) mass is 377 g/mol. The lowest BCUT2D eigenvalue weighted by atomic mass is 10.2. The lowest BCUT2D eigenvalue weighted by molar-refractivity contribution is -0.117. The van der Waals surface area contributed by atoms with E-state index in [1.165, 1.54) is 5.56 Å². The van der Waals surface area contributed by atoms with Crippen molar-refractivity contribution >= 4 is 40.8 Å². The molecule has 3 aromatic rings. The summed E-state index contributed by atoms with van der Waals surface area (Å²) in [7, 11) is 0. The average molecular weight is 378 g/mol. The second kappa shape index (κ2) is 7.22. The molecule has 1 aliphatic heterocycles. The van der Waals surface area contributed by atoms with Crippen LogP contribution < -0.4 is 4.90 Å². The molecule has 130 valence electrons. The summed E-state index contributed by atoms with van der Waals surface area (Å²) in [4.78, 5) is 18.6. The highest BCUT2D eigenvalue weighted by molar-refractivity contribution is 8.00. The Hall–Kier alpha value is -2.17. The van der Waals surface area contributed by atoms with Gasteiger partial charge < -0.3 is 0 Å². The number of amides is 1. The summed E-state index contributed by atoms with van der Waals surface area (Å²) in [6.07, 6.45) is 0. The number of nitrogens with zero attached hydrogens (tertiary/aromatic N) is 1. The Labute approximate surface area is 162 Å². The molecule has 1 atom stereocenters. The highest BCUT2D eigenvalue weighted by Crippen LogP contribution is 2.48. The highest BCUT2D eigenvalue weighted by Gasteiger charge is 2.30. The van der Waals surface area contributed by atoms with Crippen LogP contribution in [0, 0.1) is 6.92 Å². The van der Waals surface area contributed by atoms with Gasteiger partial charge in [0.2, 0.25) is 5.91 Å². The lowest BCUT2D eigenvalue weighted by Gasteiger charge is -2.32. The Morgan fingerprint density at radius 1 is 0.885 bits per heavy atom. The zero-order valence-electron chi connectivity index (χ0n) is 14.7. The minimum Gasteiger partial charge on any atom is -0.278 e. The van der Waals surface area contributed by atoms with E-state index in [0.29, 0.717) is 0 Å². The fourth-order valence-electron chi connectivity index (χ4n) is 3.00. The maximum Gasteiger partial charge on any atom is 0.244 e. The van der Waals surface area contributed by atoms with E-state index in [2.05, 4.69) is 43.3 Å². The van der Waals surface area contributed by atoms with Gasteiger partial charge in [-0.25, -0.2) is 0 Å². The van der Waals surface area contributed by atoms with Crippen LogP contribution in [0.25, 0.3) is 0 Å². The zero-order valence-corrected chi connectivity index (χ0v) is 16.3. The van der Waals surface area contributed by atoms with Gasteiger partial charge in [-0.2, -0.15) is 0 Å². The van der Waals surface area contributed by atoms with Gasteiger partial charge in [-0.05, 0) is 50.2 Å². The number of hydrogen-bond donors (Lipinski definition) is 0. The maximum atomic E-state index is 13.4. The molecule has 0 aliphatic carbocycles. The number of aryl methyl sites for hydroxylation is 1. The number of carbonyl (C=O) groups is 1. The molecule has 3 aromatic carbocycles. The molecule has 0 aromatic heterocycles. The minimum atomic E-state index is -0.179. The Bertz CT molecular complexity index is 907. The van der Waals surface area contributed by atoms with E-state index in [0.717, 1.165) is 26.1 Å². The first-order valence-corrected chi connectivity index (χ1v) is 10.3. The number of thioether (sulfide) groups is 1. The number of para-hydroxylation sites is 2. The number of benzene rings is 3. The van der Waals surface area contributed by atoms with Gasteiger partial charge in [0.25, 0.3) is 0 Å². The fraction of sp³-hybridized carbons (Fsp3) is 0.136. The molecule has 2 nitrogen and oxygen atoms in total. The molecule has 0 saturated carbocycles. The second-order valence-electron chi connectivity index (χ2n) is 6.28. The topological polar surface area (TPSA) is 20.3 Å². The van der Waals surface area contributed by atoms with Crippen LogP contribution in [0.4, 0.5) is 11.4 Å². The number of anilines is 2. The van der Waals surface area contributed by atoms with E-state index < -0.39 is 0 Å². The molecule has 0 fully saturated rings. The Morgan fingerprint density at radius 3 is 2.00 bits per heavy atom. The van der Waals surface area contributed by atoms with Crippen molar-refractivity contribution in [3.63, 3.8) is 0 Å². The van der Waals surface area contributed by atoms with Crippen LogP contribution in [0.3, 0.4) is 0 Å². The summed E-state index contributed by atoms with van der Waals surface area (Å²) >= 11 is 3.33. The van der Waals surface area contributed by atoms with Crippen molar-refractivity contribution in [3.8, 4) is 0 Å². The molecule has 26 heavy (non-hydrogen) atoms.